The second kappa shape index (κ2) is 8.08. The van der Waals surface area contributed by atoms with E-state index >= 15 is 0 Å². The van der Waals surface area contributed by atoms with Crippen molar-refractivity contribution >= 4 is 29.1 Å². The zero-order valence-corrected chi connectivity index (χ0v) is 14.6. The lowest BCUT2D eigenvalue weighted by molar-refractivity contribution is -0.137. The van der Waals surface area contributed by atoms with E-state index in [1.807, 2.05) is 0 Å². The summed E-state index contributed by atoms with van der Waals surface area (Å²) in [7, 11) is 0. The summed E-state index contributed by atoms with van der Waals surface area (Å²) in [5.41, 5.74) is -0.972. The zero-order valence-electron chi connectivity index (χ0n) is 13.8. The number of benzene rings is 1. The highest BCUT2D eigenvalue weighted by Gasteiger charge is 2.31. The van der Waals surface area contributed by atoms with Crippen molar-refractivity contribution in [3.63, 3.8) is 0 Å². The van der Waals surface area contributed by atoms with Gasteiger partial charge in [-0.05, 0) is 31.0 Å². The molecule has 1 N–H and O–H groups in total. The predicted molar refractivity (Wildman–Crippen MR) is 89.3 cm³/mol. The van der Waals surface area contributed by atoms with Crippen molar-refractivity contribution in [1.82, 2.24) is 4.90 Å². The van der Waals surface area contributed by atoms with Crippen LogP contribution in [0.1, 0.15) is 44.6 Å². The highest BCUT2D eigenvalue weighted by molar-refractivity contribution is 6.33. The van der Waals surface area contributed by atoms with Crippen LogP contribution >= 0.6 is 11.6 Å². The smallest absolute Gasteiger partial charge is 0.339 e. The SMILES string of the molecule is CC(=O)N(CCC(=O)Nc1cc(C(F)(F)F)ccc1Cl)C1CCCC1. The van der Waals surface area contributed by atoms with Gasteiger partial charge in [0.05, 0.1) is 16.3 Å². The number of carbonyl (C=O) groups is 2. The molecule has 138 valence electrons. The van der Waals surface area contributed by atoms with Gasteiger partial charge < -0.3 is 10.2 Å². The lowest BCUT2D eigenvalue weighted by atomic mass is 10.1. The molecule has 0 radical (unpaired) electrons. The van der Waals surface area contributed by atoms with Gasteiger partial charge in [-0.1, -0.05) is 24.4 Å². The van der Waals surface area contributed by atoms with Gasteiger partial charge in [0.15, 0.2) is 0 Å². The predicted octanol–water partition coefficient (Wildman–Crippen LogP) is 4.48. The highest BCUT2D eigenvalue weighted by atomic mass is 35.5. The van der Waals surface area contributed by atoms with E-state index in [0.29, 0.717) is 0 Å². The molecule has 4 nitrogen and oxygen atoms in total. The summed E-state index contributed by atoms with van der Waals surface area (Å²) in [5.74, 6) is -0.581. The summed E-state index contributed by atoms with van der Waals surface area (Å²) in [6.07, 6.45) is -0.567. The molecular weight excluding hydrogens is 357 g/mol. The molecule has 0 unspecified atom stereocenters. The molecule has 0 saturated heterocycles. The molecule has 1 aliphatic rings. The van der Waals surface area contributed by atoms with Gasteiger partial charge in [0, 0.05) is 25.9 Å². The fourth-order valence-corrected chi connectivity index (χ4v) is 3.21. The molecule has 2 amide bonds. The molecule has 1 saturated carbocycles. The van der Waals surface area contributed by atoms with Crippen LogP contribution in [0, 0.1) is 0 Å². The molecular formula is C17H20ClF3N2O2. The molecule has 0 atom stereocenters. The molecule has 0 aliphatic heterocycles. The fourth-order valence-electron chi connectivity index (χ4n) is 3.05. The van der Waals surface area contributed by atoms with Crippen LogP contribution < -0.4 is 5.32 Å². The maximum absolute atomic E-state index is 12.8. The third-order valence-corrected chi connectivity index (χ3v) is 4.65. The first-order chi connectivity index (χ1) is 11.7. The second-order valence-electron chi connectivity index (χ2n) is 6.14. The van der Waals surface area contributed by atoms with Crippen molar-refractivity contribution in [2.24, 2.45) is 0 Å². The van der Waals surface area contributed by atoms with Crippen LogP contribution in [0.4, 0.5) is 18.9 Å². The van der Waals surface area contributed by atoms with E-state index in [2.05, 4.69) is 5.32 Å². The van der Waals surface area contributed by atoms with Crippen molar-refractivity contribution in [1.29, 1.82) is 0 Å². The first-order valence-corrected chi connectivity index (χ1v) is 8.50. The van der Waals surface area contributed by atoms with Gasteiger partial charge in [-0.25, -0.2) is 0 Å². The number of hydrogen-bond donors (Lipinski definition) is 1. The molecule has 2 rings (SSSR count). The maximum Gasteiger partial charge on any atom is 0.416 e. The number of amides is 2. The summed E-state index contributed by atoms with van der Waals surface area (Å²) in [5, 5.41) is 2.43. The molecule has 1 fully saturated rings. The van der Waals surface area contributed by atoms with Gasteiger partial charge >= 0.3 is 6.18 Å². The monoisotopic (exact) mass is 376 g/mol. The quantitative estimate of drug-likeness (QED) is 0.823. The Bertz CT molecular complexity index is 643. The Morgan fingerprint density at radius 1 is 1.28 bits per heavy atom. The largest absolute Gasteiger partial charge is 0.416 e. The molecule has 0 heterocycles. The Morgan fingerprint density at radius 2 is 1.92 bits per heavy atom. The maximum atomic E-state index is 12.8. The molecule has 0 bridgehead atoms. The molecule has 25 heavy (non-hydrogen) atoms. The van der Waals surface area contributed by atoms with Gasteiger partial charge in [-0.3, -0.25) is 9.59 Å². The minimum Gasteiger partial charge on any atom is -0.339 e. The lowest BCUT2D eigenvalue weighted by Crippen LogP contribution is -2.39. The van der Waals surface area contributed by atoms with E-state index in [1.165, 1.54) is 6.92 Å². The van der Waals surface area contributed by atoms with Crippen LogP contribution in [0.5, 0.6) is 0 Å². The molecule has 0 aromatic heterocycles. The first-order valence-electron chi connectivity index (χ1n) is 8.12. The van der Waals surface area contributed by atoms with Crippen molar-refractivity contribution in [2.45, 2.75) is 51.2 Å². The molecule has 1 aliphatic carbocycles. The van der Waals surface area contributed by atoms with E-state index in [-0.39, 0.29) is 35.6 Å². The fraction of sp³-hybridized carbons (Fsp3) is 0.529. The van der Waals surface area contributed by atoms with Gasteiger partial charge in [-0.15, -0.1) is 0 Å². The van der Waals surface area contributed by atoms with Crippen molar-refractivity contribution in [3.8, 4) is 0 Å². The number of carbonyl (C=O) groups excluding carboxylic acids is 2. The molecule has 8 heteroatoms. The Balaban J connectivity index is 1.98. The summed E-state index contributed by atoms with van der Waals surface area (Å²) >= 11 is 5.86. The number of nitrogens with zero attached hydrogens (tertiary/aromatic N) is 1. The highest BCUT2D eigenvalue weighted by Crippen LogP contribution is 2.33. The van der Waals surface area contributed by atoms with Crippen LogP contribution in [-0.4, -0.2) is 29.3 Å². The first kappa shape index (κ1) is 19.6. The van der Waals surface area contributed by atoms with Crippen LogP contribution in [-0.2, 0) is 15.8 Å². The van der Waals surface area contributed by atoms with Crippen LogP contribution in [0.25, 0.3) is 0 Å². The standard InChI is InChI=1S/C17H20ClF3N2O2/c1-11(24)23(13-4-2-3-5-13)9-8-16(25)22-15-10-12(17(19,20)21)6-7-14(15)18/h6-7,10,13H,2-5,8-9H2,1H3,(H,22,25). The Hall–Kier alpha value is -1.76. The Morgan fingerprint density at radius 3 is 2.48 bits per heavy atom. The Kier molecular flexibility index (Phi) is 6.32. The second-order valence-corrected chi connectivity index (χ2v) is 6.55. The number of alkyl halides is 3. The lowest BCUT2D eigenvalue weighted by Gasteiger charge is -2.27. The number of anilines is 1. The van der Waals surface area contributed by atoms with Gasteiger partial charge in [-0.2, -0.15) is 13.2 Å². The molecule has 0 spiro atoms. The normalized spacial score (nSPS) is 15.2. The van der Waals surface area contributed by atoms with E-state index in [9.17, 15) is 22.8 Å². The average Bonchev–Trinajstić information content (AvgIpc) is 3.02. The summed E-state index contributed by atoms with van der Waals surface area (Å²) in [6.45, 7) is 1.70. The van der Waals surface area contributed by atoms with Crippen molar-refractivity contribution < 1.29 is 22.8 Å². The minimum atomic E-state index is -4.52. The Labute approximate surface area is 149 Å². The third-order valence-electron chi connectivity index (χ3n) is 4.32. The average molecular weight is 377 g/mol. The topological polar surface area (TPSA) is 49.4 Å². The zero-order chi connectivity index (χ0) is 18.6. The third kappa shape index (κ3) is 5.36. The molecule has 1 aromatic carbocycles. The number of hydrogen-bond acceptors (Lipinski definition) is 2. The van der Waals surface area contributed by atoms with Gasteiger partial charge in [0.2, 0.25) is 11.8 Å². The van der Waals surface area contributed by atoms with Crippen molar-refractivity contribution in [3.05, 3.63) is 28.8 Å². The number of halogens is 4. The number of rotatable bonds is 5. The van der Waals surface area contributed by atoms with E-state index in [0.717, 1.165) is 43.9 Å². The summed E-state index contributed by atoms with van der Waals surface area (Å²) in [6, 6.07) is 2.90. The van der Waals surface area contributed by atoms with Crippen LogP contribution in [0.15, 0.2) is 18.2 Å². The number of nitrogens with one attached hydrogen (secondary N) is 1. The van der Waals surface area contributed by atoms with Crippen molar-refractivity contribution in [2.75, 3.05) is 11.9 Å². The minimum absolute atomic E-state index is 0.00263. The molecule has 1 aromatic rings. The van der Waals surface area contributed by atoms with Gasteiger partial charge in [0.25, 0.3) is 0 Å². The van der Waals surface area contributed by atoms with E-state index < -0.39 is 17.6 Å². The van der Waals surface area contributed by atoms with Gasteiger partial charge in [0.1, 0.15) is 0 Å². The summed E-state index contributed by atoms with van der Waals surface area (Å²) < 4.78 is 38.3. The summed E-state index contributed by atoms with van der Waals surface area (Å²) in [4.78, 5) is 25.5. The van der Waals surface area contributed by atoms with Crippen LogP contribution in [0.2, 0.25) is 5.02 Å². The van der Waals surface area contributed by atoms with Crippen LogP contribution in [0.3, 0.4) is 0 Å². The van der Waals surface area contributed by atoms with E-state index in [1.54, 1.807) is 4.90 Å². The van der Waals surface area contributed by atoms with E-state index in [4.69, 9.17) is 11.6 Å².